The number of anilines is 2. The van der Waals surface area contributed by atoms with E-state index in [2.05, 4.69) is 27.1 Å². The summed E-state index contributed by atoms with van der Waals surface area (Å²) in [6, 6.07) is 13.4. The molecule has 2 aromatic carbocycles. The molecule has 8 heteroatoms. The Labute approximate surface area is 194 Å². The molecule has 0 aliphatic heterocycles. The van der Waals surface area contributed by atoms with Gasteiger partial charge in [-0.15, -0.1) is 11.3 Å². The quantitative estimate of drug-likeness (QED) is 0.346. The molecule has 0 saturated carbocycles. The van der Waals surface area contributed by atoms with Crippen LogP contribution in [-0.2, 0) is 6.61 Å². The monoisotopic (exact) mass is 466 g/mol. The molecule has 0 bridgehead atoms. The highest BCUT2D eigenvalue weighted by Gasteiger charge is 2.10. The van der Waals surface area contributed by atoms with Crippen LogP contribution >= 0.6 is 22.9 Å². The first-order valence-electron chi connectivity index (χ1n) is 9.97. The number of hydrogen-bond donors (Lipinski definition) is 2. The summed E-state index contributed by atoms with van der Waals surface area (Å²) in [5.74, 6) is 7.02. The van der Waals surface area contributed by atoms with E-state index in [-0.39, 0.29) is 18.5 Å². The highest BCUT2D eigenvalue weighted by atomic mass is 35.5. The second kappa shape index (κ2) is 9.96. The van der Waals surface area contributed by atoms with E-state index in [1.165, 1.54) is 29.8 Å². The molecule has 1 atom stereocenters. The number of fused-ring (bicyclic) bond motifs is 1. The molecule has 0 fully saturated rings. The van der Waals surface area contributed by atoms with Gasteiger partial charge in [0.1, 0.15) is 24.5 Å². The zero-order valence-corrected chi connectivity index (χ0v) is 18.8. The number of nitrogens with one attached hydrogen (secondary N) is 1. The van der Waals surface area contributed by atoms with E-state index >= 15 is 0 Å². The molecule has 0 radical (unpaired) electrons. The largest absolute Gasteiger partial charge is 0.487 e. The van der Waals surface area contributed by atoms with Gasteiger partial charge in [0.25, 0.3) is 0 Å². The number of nitrogens with zero attached hydrogens (tertiary/aromatic N) is 2. The van der Waals surface area contributed by atoms with Gasteiger partial charge < -0.3 is 15.8 Å². The summed E-state index contributed by atoms with van der Waals surface area (Å²) in [7, 11) is 0. The number of benzene rings is 2. The van der Waals surface area contributed by atoms with E-state index in [1.807, 2.05) is 19.1 Å². The van der Waals surface area contributed by atoms with Crippen LogP contribution in [0.1, 0.15) is 23.8 Å². The molecule has 162 valence electrons. The summed E-state index contributed by atoms with van der Waals surface area (Å²) in [6.07, 6.45) is 2.30. The van der Waals surface area contributed by atoms with Gasteiger partial charge in [-0.1, -0.05) is 42.5 Å². The Balaban J connectivity index is 1.50. The first-order chi connectivity index (χ1) is 15.5. The number of nitrogens with two attached hydrogens (primary N) is 1. The molecule has 0 aliphatic rings. The van der Waals surface area contributed by atoms with Gasteiger partial charge in [-0.05, 0) is 48.4 Å². The lowest BCUT2D eigenvalue weighted by Gasteiger charge is -2.11. The van der Waals surface area contributed by atoms with Crippen LogP contribution in [0.5, 0.6) is 5.75 Å². The highest BCUT2D eigenvalue weighted by molar-refractivity contribution is 7.20. The predicted molar refractivity (Wildman–Crippen MR) is 128 cm³/mol. The van der Waals surface area contributed by atoms with E-state index in [4.69, 9.17) is 22.1 Å². The van der Waals surface area contributed by atoms with Gasteiger partial charge in [0, 0.05) is 5.69 Å². The average Bonchev–Trinajstić information content (AvgIpc) is 3.21. The van der Waals surface area contributed by atoms with Crippen molar-refractivity contribution < 1.29 is 9.13 Å². The van der Waals surface area contributed by atoms with Gasteiger partial charge in [-0.25, -0.2) is 14.4 Å². The van der Waals surface area contributed by atoms with Crippen LogP contribution in [0.2, 0.25) is 5.02 Å². The molecule has 2 heterocycles. The van der Waals surface area contributed by atoms with E-state index in [0.717, 1.165) is 32.8 Å². The minimum absolute atomic E-state index is 0.146. The molecule has 4 rings (SSSR count). The van der Waals surface area contributed by atoms with Gasteiger partial charge in [-0.2, -0.15) is 0 Å². The Morgan fingerprint density at radius 1 is 1.22 bits per heavy atom. The third kappa shape index (κ3) is 5.35. The SMILES string of the molecule is CC[C@@H](N)C#Cc1cc2ncnc(Nc3ccc(OCc4cccc(F)c4)c(Cl)c3)c2s1. The third-order valence-electron chi connectivity index (χ3n) is 4.61. The second-order valence-electron chi connectivity index (χ2n) is 7.02. The molecule has 4 aromatic rings. The van der Waals surface area contributed by atoms with Crippen LogP contribution in [0.3, 0.4) is 0 Å². The lowest BCUT2D eigenvalue weighted by molar-refractivity contribution is 0.306. The van der Waals surface area contributed by atoms with Crippen LogP contribution in [0.4, 0.5) is 15.9 Å². The van der Waals surface area contributed by atoms with Gasteiger partial charge in [0.15, 0.2) is 5.82 Å². The smallest absolute Gasteiger partial charge is 0.151 e. The van der Waals surface area contributed by atoms with Gasteiger partial charge in [0.2, 0.25) is 0 Å². The maximum Gasteiger partial charge on any atom is 0.151 e. The van der Waals surface area contributed by atoms with Crippen molar-refractivity contribution in [1.29, 1.82) is 0 Å². The molecule has 3 N–H and O–H groups in total. The molecule has 0 amide bonds. The van der Waals surface area contributed by atoms with E-state index < -0.39 is 0 Å². The number of ether oxygens (including phenoxy) is 1. The molecule has 32 heavy (non-hydrogen) atoms. The zero-order chi connectivity index (χ0) is 22.5. The van der Waals surface area contributed by atoms with Crippen molar-refractivity contribution in [1.82, 2.24) is 9.97 Å². The van der Waals surface area contributed by atoms with Crippen molar-refractivity contribution in [2.45, 2.75) is 26.0 Å². The maximum atomic E-state index is 13.3. The normalized spacial score (nSPS) is 11.6. The summed E-state index contributed by atoms with van der Waals surface area (Å²) in [5, 5.41) is 3.72. The molecule has 0 aliphatic carbocycles. The zero-order valence-electron chi connectivity index (χ0n) is 17.2. The first-order valence-corrected chi connectivity index (χ1v) is 11.2. The first kappa shape index (κ1) is 22.0. The fraction of sp³-hybridized carbons (Fsp3) is 0.167. The van der Waals surface area contributed by atoms with Crippen molar-refractivity contribution in [3.05, 3.63) is 76.1 Å². The summed E-state index contributed by atoms with van der Waals surface area (Å²) < 4.78 is 20.0. The van der Waals surface area contributed by atoms with Gasteiger partial charge >= 0.3 is 0 Å². The summed E-state index contributed by atoms with van der Waals surface area (Å²) in [5.41, 5.74) is 8.17. The molecule has 2 aromatic heterocycles. The van der Waals surface area contributed by atoms with Crippen molar-refractivity contribution in [3.63, 3.8) is 0 Å². The van der Waals surface area contributed by atoms with Crippen LogP contribution in [0.15, 0.2) is 54.9 Å². The number of thiophene rings is 1. The topological polar surface area (TPSA) is 73.1 Å². The average molecular weight is 467 g/mol. The number of hydrogen-bond acceptors (Lipinski definition) is 6. The Morgan fingerprint density at radius 2 is 2.09 bits per heavy atom. The van der Waals surface area contributed by atoms with Crippen LogP contribution in [-0.4, -0.2) is 16.0 Å². The van der Waals surface area contributed by atoms with Crippen molar-refractivity contribution in [3.8, 4) is 17.6 Å². The Hall–Kier alpha value is -3.18. The van der Waals surface area contributed by atoms with Crippen molar-refractivity contribution in [2.24, 2.45) is 5.73 Å². The van der Waals surface area contributed by atoms with Crippen molar-refractivity contribution >= 4 is 44.7 Å². The molecule has 0 saturated heterocycles. The fourth-order valence-corrected chi connectivity index (χ4v) is 4.04. The minimum atomic E-state index is -0.302. The fourth-order valence-electron chi connectivity index (χ4n) is 2.89. The van der Waals surface area contributed by atoms with E-state index in [1.54, 1.807) is 24.3 Å². The lowest BCUT2D eigenvalue weighted by Crippen LogP contribution is -2.15. The van der Waals surface area contributed by atoms with Crippen LogP contribution < -0.4 is 15.8 Å². The predicted octanol–water partition coefficient (Wildman–Crippen LogP) is 5.90. The molecule has 0 spiro atoms. The summed E-state index contributed by atoms with van der Waals surface area (Å²) in [4.78, 5) is 9.58. The second-order valence-corrected chi connectivity index (χ2v) is 8.48. The minimum Gasteiger partial charge on any atom is -0.487 e. The number of halogens is 2. The molecule has 5 nitrogen and oxygen atoms in total. The third-order valence-corrected chi connectivity index (χ3v) is 5.95. The Kier molecular flexibility index (Phi) is 6.86. The standard InChI is InChI=1S/C24H20ClFN4OS/c1-2-17(27)6-8-19-12-21-23(32-19)24(29-14-28-21)30-18-7-9-22(20(25)11-18)31-13-15-4-3-5-16(26)10-15/h3-5,7,9-12,14,17H,2,13,27H2,1H3,(H,28,29,30)/t17-/m1/s1. The van der Waals surface area contributed by atoms with Crippen LogP contribution in [0, 0.1) is 17.7 Å². The summed E-state index contributed by atoms with van der Waals surface area (Å²) >= 11 is 7.91. The molecular weight excluding hydrogens is 447 g/mol. The van der Waals surface area contributed by atoms with Crippen LogP contribution in [0.25, 0.3) is 10.2 Å². The summed E-state index contributed by atoms with van der Waals surface area (Å²) in [6.45, 7) is 2.22. The number of rotatable bonds is 6. The molecular formula is C24H20ClFN4OS. The highest BCUT2D eigenvalue weighted by Crippen LogP contribution is 2.33. The number of aromatic nitrogens is 2. The lowest BCUT2D eigenvalue weighted by atomic mass is 10.2. The van der Waals surface area contributed by atoms with Crippen molar-refractivity contribution in [2.75, 3.05) is 5.32 Å². The maximum absolute atomic E-state index is 13.3. The van der Waals surface area contributed by atoms with E-state index in [9.17, 15) is 4.39 Å². The Morgan fingerprint density at radius 3 is 2.88 bits per heavy atom. The van der Waals surface area contributed by atoms with Gasteiger partial charge in [0.05, 0.1) is 26.2 Å². The van der Waals surface area contributed by atoms with E-state index in [0.29, 0.717) is 16.6 Å². The Bertz CT molecular complexity index is 1310. The molecule has 0 unspecified atom stereocenters. The van der Waals surface area contributed by atoms with Gasteiger partial charge in [-0.3, -0.25) is 0 Å².